The van der Waals surface area contributed by atoms with Crippen LogP contribution in [-0.2, 0) is 4.79 Å². The van der Waals surface area contributed by atoms with E-state index in [0.29, 0.717) is 6.42 Å². The zero-order valence-electron chi connectivity index (χ0n) is 29.7. The van der Waals surface area contributed by atoms with Gasteiger partial charge in [-0.3, -0.25) is 4.79 Å². The number of hydrogen-bond donors (Lipinski definition) is 3. The van der Waals surface area contributed by atoms with Crippen LogP contribution < -0.4 is 5.32 Å². The maximum atomic E-state index is 12.3. The molecule has 0 bridgehead atoms. The van der Waals surface area contributed by atoms with Crippen molar-refractivity contribution in [3.63, 3.8) is 0 Å². The van der Waals surface area contributed by atoms with Gasteiger partial charge in [-0.2, -0.15) is 0 Å². The summed E-state index contributed by atoms with van der Waals surface area (Å²) in [6.07, 6.45) is 45.6. The average molecular weight is 620 g/mol. The Morgan fingerprint density at radius 1 is 0.523 bits per heavy atom. The van der Waals surface area contributed by atoms with Gasteiger partial charge < -0.3 is 15.5 Å². The largest absolute Gasteiger partial charge is 0.394 e. The van der Waals surface area contributed by atoms with E-state index in [1.54, 1.807) is 6.08 Å². The molecule has 0 saturated carbocycles. The van der Waals surface area contributed by atoms with Crippen molar-refractivity contribution >= 4 is 5.91 Å². The van der Waals surface area contributed by atoms with Crippen LogP contribution in [0.4, 0.5) is 0 Å². The highest BCUT2D eigenvalue weighted by Gasteiger charge is 2.17. The molecule has 0 aromatic rings. The van der Waals surface area contributed by atoms with E-state index in [9.17, 15) is 15.0 Å². The van der Waals surface area contributed by atoms with Gasteiger partial charge in [0.15, 0.2) is 0 Å². The second kappa shape index (κ2) is 36.3. The molecule has 0 spiro atoms. The van der Waals surface area contributed by atoms with Crippen molar-refractivity contribution in [2.45, 2.75) is 219 Å². The highest BCUT2D eigenvalue weighted by molar-refractivity contribution is 5.76. The van der Waals surface area contributed by atoms with Crippen molar-refractivity contribution in [2.24, 2.45) is 0 Å². The van der Waals surface area contributed by atoms with E-state index in [1.807, 2.05) is 6.08 Å². The smallest absolute Gasteiger partial charge is 0.220 e. The number of allylic oxidation sites excluding steroid dienone is 3. The summed E-state index contributed by atoms with van der Waals surface area (Å²) in [4.78, 5) is 12.3. The molecule has 0 aromatic carbocycles. The van der Waals surface area contributed by atoms with E-state index in [0.717, 1.165) is 32.1 Å². The Hall–Kier alpha value is -1.13. The zero-order valence-corrected chi connectivity index (χ0v) is 29.7. The number of aliphatic hydroxyl groups excluding tert-OH is 2. The lowest BCUT2D eigenvalue weighted by molar-refractivity contribution is -0.123. The van der Waals surface area contributed by atoms with Gasteiger partial charge in [-0.1, -0.05) is 192 Å². The summed E-state index contributed by atoms with van der Waals surface area (Å²) in [6.45, 7) is 4.29. The molecule has 0 heterocycles. The monoisotopic (exact) mass is 620 g/mol. The Labute approximate surface area is 275 Å². The number of nitrogens with one attached hydrogen (secondary N) is 1. The van der Waals surface area contributed by atoms with Crippen molar-refractivity contribution in [1.82, 2.24) is 5.32 Å². The third-order valence-corrected chi connectivity index (χ3v) is 8.94. The first kappa shape index (κ1) is 42.9. The van der Waals surface area contributed by atoms with Crippen molar-refractivity contribution < 1.29 is 15.0 Å². The number of carbonyl (C=O) groups excluding carboxylic acids is 1. The van der Waals surface area contributed by atoms with Crippen LogP contribution in [0.3, 0.4) is 0 Å². The molecule has 0 saturated heterocycles. The zero-order chi connectivity index (χ0) is 32.2. The van der Waals surface area contributed by atoms with E-state index in [2.05, 4.69) is 31.3 Å². The van der Waals surface area contributed by atoms with Gasteiger partial charge in [0, 0.05) is 6.42 Å². The SMILES string of the molecule is CCCCCCCCC/C=C/CC/C=C/C(O)C(CO)NC(=O)CCCCCCCCCCCCCCCCCCCCC. The molecule has 0 aliphatic heterocycles. The quantitative estimate of drug-likeness (QED) is 0.0488. The molecule has 0 aliphatic rings. The van der Waals surface area contributed by atoms with Crippen molar-refractivity contribution in [1.29, 1.82) is 0 Å². The Bertz CT molecular complexity index is 632. The van der Waals surface area contributed by atoms with E-state index >= 15 is 0 Å². The topological polar surface area (TPSA) is 69.6 Å². The van der Waals surface area contributed by atoms with Gasteiger partial charge >= 0.3 is 0 Å². The van der Waals surface area contributed by atoms with Gasteiger partial charge in [-0.15, -0.1) is 0 Å². The molecule has 0 aromatic heterocycles. The third kappa shape index (κ3) is 32.3. The van der Waals surface area contributed by atoms with Crippen LogP contribution in [0.5, 0.6) is 0 Å². The predicted molar refractivity (Wildman–Crippen MR) is 193 cm³/mol. The molecule has 44 heavy (non-hydrogen) atoms. The maximum Gasteiger partial charge on any atom is 0.220 e. The lowest BCUT2D eigenvalue weighted by atomic mass is 10.0. The fourth-order valence-electron chi connectivity index (χ4n) is 5.90. The van der Waals surface area contributed by atoms with E-state index < -0.39 is 12.1 Å². The first-order valence-corrected chi connectivity index (χ1v) is 19.6. The molecule has 0 radical (unpaired) electrons. The minimum absolute atomic E-state index is 0.0724. The lowest BCUT2D eigenvalue weighted by Crippen LogP contribution is -2.45. The minimum Gasteiger partial charge on any atom is -0.394 e. The number of carbonyl (C=O) groups is 1. The molecule has 4 heteroatoms. The van der Waals surface area contributed by atoms with Gasteiger partial charge in [-0.25, -0.2) is 0 Å². The molecule has 0 aliphatic carbocycles. The highest BCUT2D eigenvalue weighted by Crippen LogP contribution is 2.15. The second-order valence-corrected chi connectivity index (χ2v) is 13.3. The van der Waals surface area contributed by atoms with E-state index in [1.165, 1.54) is 154 Å². The molecular weight excluding hydrogens is 542 g/mol. The first-order chi connectivity index (χ1) is 21.7. The Morgan fingerprint density at radius 3 is 1.32 bits per heavy atom. The Morgan fingerprint density at radius 2 is 0.886 bits per heavy atom. The summed E-state index contributed by atoms with van der Waals surface area (Å²) >= 11 is 0. The number of amides is 1. The number of hydrogen-bond acceptors (Lipinski definition) is 3. The lowest BCUT2D eigenvalue weighted by Gasteiger charge is -2.19. The van der Waals surface area contributed by atoms with Gasteiger partial charge in [0.05, 0.1) is 18.8 Å². The molecule has 0 fully saturated rings. The van der Waals surface area contributed by atoms with Gasteiger partial charge in [0.1, 0.15) is 0 Å². The van der Waals surface area contributed by atoms with Gasteiger partial charge in [-0.05, 0) is 32.1 Å². The molecule has 4 nitrogen and oxygen atoms in total. The standard InChI is InChI=1S/C40H77NO3/c1-3-5-7-9-11-13-15-17-18-19-20-21-22-24-26-28-30-32-34-36-40(44)41-38(37-42)39(43)35-33-31-29-27-25-23-16-14-12-10-8-6-4-2/h25,27,33,35,38-39,42-43H,3-24,26,28-32,34,36-37H2,1-2H3,(H,41,44)/b27-25+,35-33+. The van der Waals surface area contributed by atoms with Crippen LogP contribution in [-0.4, -0.2) is 34.9 Å². The normalized spacial score (nSPS) is 13.3. The minimum atomic E-state index is -0.856. The number of aliphatic hydroxyl groups is 2. The summed E-state index contributed by atoms with van der Waals surface area (Å²) in [5, 5.41) is 22.9. The van der Waals surface area contributed by atoms with Crippen LogP contribution in [0.25, 0.3) is 0 Å². The second-order valence-electron chi connectivity index (χ2n) is 13.3. The predicted octanol–water partition coefficient (Wildman–Crippen LogP) is 11.7. The maximum absolute atomic E-state index is 12.3. The molecule has 2 atom stereocenters. The fraction of sp³-hybridized carbons (Fsp3) is 0.875. The van der Waals surface area contributed by atoms with Gasteiger partial charge in [0.25, 0.3) is 0 Å². The van der Waals surface area contributed by atoms with E-state index in [-0.39, 0.29) is 12.5 Å². The highest BCUT2D eigenvalue weighted by atomic mass is 16.3. The third-order valence-electron chi connectivity index (χ3n) is 8.94. The molecule has 1 amide bonds. The summed E-state index contributed by atoms with van der Waals surface area (Å²) in [5.41, 5.74) is 0. The Kier molecular flexibility index (Phi) is 35.4. The molecule has 0 rings (SSSR count). The van der Waals surface area contributed by atoms with Crippen LogP contribution in [0, 0.1) is 0 Å². The molecule has 260 valence electrons. The van der Waals surface area contributed by atoms with Crippen LogP contribution in [0.1, 0.15) is 206 Å². The number of unbranched alkanes of at least 4 members (excludes halogenated alkanes) is 26. The van der Waals surface area contributed by atoms with Crippen LogP contribution in [0.15, 0.2) is 24.3 Å². The molecule has 3 N–H and O–H groups in total. The molecular formula is C40H77NO3. The summed E-state index contributed by atoms with van der Waals surface area (Å²) in [6, 6.07) is -0.632. The van der Waals surface area contributed by atoms with Crippen molar-refractivity contribution in [2.75, 3.05) is 6.61 Å². The van der Waals surface area contributed by atoms with E-state index in [4.69, 9.17) is 0 Å². The Balaban J connectivity index is 3.59. The number of rotatable bonds is 35. The van der Waals surface area contributed by atoms with Gasteiger partial charge in [0.2, 0.25) is 5.91 Å². The molecule has 2 unspecified atom stereocenters. The average Bonchev–Trinajstić information content (AvgIpc) is 3.03. The van der Waals surface area contributed by atoms with Crippen molar-refractivity contribution in [3.05, 3.63) is 24.3 Å². The fourth-order valence-corrected chi connectivity index (χ4v) is 5.90. The van der Waals surface area contributed by atoms with Crippen LogP contribution in [0.2, 0.25) is 0 Å². The first-order valence-electron chi connectivity index (χ1n) is 19.6. The summed E-state index contributed by atoms with van der Waals surface area (Å²) < 4.78 is 0. The van der Waals surface area contributed by atoms with Crippen LogP contribution >= 0.6 is 0 Å². The summed E-state index contributed by atoms with van der Waals surface area (Å²) in [5.74, 6) is -0.0724. The summed E-state index contributed by atoms with van der Waals surface area (Å²) in [7, 11) is 0. The van der Waals surface area contributed by atoms with Crippen molar-refractivity contribution in [3.8, 4) is 0 Å².